The van der Waals surface area contributed by atoms with E-state index in [0.717, 1.165) is 38.5 Å². The van der Waals surface area contributed by atoms with Crippen molar-refractivity contribution in [3.8, 4) is 17.2 Å². The number of aromatic hydroxyl groups is 2. The summed E-state index contributed by atoms with van der Waals surface area (Å²) in [5, 5.41) is 20.5. The van der Waals surface area contributed by atoms with E-state index in [1.165, 1.54) is 12.1 Å². The molecule has 0 bridgehead atoms. The molecule has 0 saturated carbocycles. The van der Waals surface area contributed by atoms with Crippen molar-refractivity contribution in [2.45, 2.75) is 119 Å². The van der Waals surface area contributed by atoms with Gasteiger partial charge in [-0.3, -0.25) is 0 Å². The van der Waals surface area contributed by atoms with Gasteiger partial charge in [0.15, 0.2) is 11.5 Å². The molecule has 1 rings (SSSR count). The molecule has 2 N–H and O–H groups in total. The maximum Gasteiger partial charge on any atom is 0.338 e. The molecule has 32 heavy (non-hydrogen) atoms. The molecule has 0 aromatic heterocycles. The molecule has 5 heteroatoms. The number of benzene rings is 1. The Morgan fingerprint density at radius 1 is 0.750 bits per heavy atom. The monoisotopic (exact) mass is 450 g/mol. The first-order valence-electron chi connectivity index (χ1n) is 11.8. The van der Waals surface area contributed by atoms with Gasteiger partial charge in [-0.05, 0) is 89.2 Å². The summed E-state index contributed by atoms with van der Waals surface area (Å²) in [4.78, 5) is 12.8. The lowest BCUT2D eigenvalue weighted by Crippen LogP contribution is -2.29. The van der Waals surface area contributed by atoms with Gasteiger partial charge >= 0.3 is 5.97 Å². The summed E-state index contributed by atoms with van der Waals surface area (Å²) in [6, 6.07) is 2.68. The molecule has 0 saturated heterocycles. The molecule has 0 heterocycles. The van der Waals surface area contributed by atoms with E-state index in [1.807, 2.05) is 27.7 Å². The number of hydrogen-bond acceptors (Lipinski definition) is 5. The molecule has 0 unspecified atom stereocenters. The number of ether oxygens (including phenoxy) is 2. The van der Waals surface area contributed by atoms with Crippen molar-refractivity contribution in [2.24, 2.45) is 10.8 Å². The molecule has 5 nitrogen and oxygen atoms in total. The Bertz CT molecular complexity index is 763. The zero-order valence-electron chi connectivity index (χ0n) is 22.0. The van der Waals surface area contributed by atoms with Gasteiger partial charge in [0, 0.05) is 0 Å². The molecule has 0 amide bonds. The molecule has 0 spiro atoms. The largest absolute Gasteiger partial charge is 0.504 e. The Kier molecular flexibility index (Phi) is 9.10. The van der Waals surface area contributed by atoms with E-state index in [0.29, 0.717) is 0 Å². The van der Waals surface area contributed by atoms with Gasteiger partial charge in [-0.2, -0.15) is 0 Å². The fourth-order valence-electron chi connectivity index (χ4n) is 3.59. The Labute approximate surface area is 195 Å². The summed E-state index contributed by atoms with van der Waals surface area (Å²) < 4.78 is 11.8. The number of carbonyl (C=O) groups excluding carboxylic acids is 1. The number of phenols is 2. The lowest BCUT2D eigenvalue weighted by Gasteiger charge is -2.29. The van der Waals surface area contributed by atoms with Crippen LogP contribution in [0, 0.1) is 10.8 Å². The van der Waals surface area contributed by atoms with E-state index in [1.54, 1.807) is 0 Å². The number of phenolic OH excluding ortho intramolecular Hbond substituents is 2. The van der Waals surface area contributed by atoms with Crippen LogP contribution in [0.1, 0.15) is 118 Å². The van der Waals surface area contributed by atoms with Crippen molar-refractivity contribution in [1.82, 2.24) is 0 Å². The SMILES string of the molecule is CC(C)(C)CCCC(C)(C)OC(=O)c1cc(O)c(O)c(OC(C)(C)CCCC(C)(C)C)c1. The zero-order chi connectivity index (χ0) is 25.0. The average molecular weight is 451 g/mol. The van der Waals surface area contributed by atoms with E-state index < -0.39 is 22.9 Å². The van der Waals surface area contributed by atoms with Crippen molar-refractivity contribution in [3.05, 3.63) is 17.7 Å². The van der Waals surface area contributed by atoms with Gasteiger partial charge < -0.3 is 19.7 Å². The topological polar surface area (TPSA) is 76.0 Å². The normalized spacial score (nSPS) is 13.2. The molecule has 184 valence electrons. The Morgan fingerprint density at radius 3 is 1.69 bits per heavy atom. The highest BCUT2D eigenvalue weighted by Gasteiger charge is 2.28. The smallest absolute Gasteiger partial charge is 0.338 e. The molecule has 0 aliphatic carbocycles. The quantitative estimate of drug-likeness (QED) is 0.283. The van der Waals surface area contributed by atoms with E-state index in [-0.39, 0.29) is 27.9 Å². The van der Waals surface area contributed by atoms with Gasteiger partial charge in [-0.25, -0.2) is 4.79 Å². The Balaban J connectivity index is 2.90. The third-order valence-corrected chi connectivity index (χ3v) is 5.46. The van der Waals surface area contributed by atoms with Crippen molar-refractivity contribution in [1.29, 1.82) is 0 Å². The highest BCUT2D eigenvalue weighted by molar-refractivity contribution is 5.91. The summed E-state index contributed by atoms with van der Waals surface area (Å²) in [5.41, 5.74) is -0.577. The number of hydrogen-bond donors (Lipinski definition) is 2. The highest BCUT2D eigenvalue weighted by Crippen LogP contribution is 2.40. The molecule has 0 aliphatic heterocycles. The van der Waals surface area contributed by atoms with Gasteiger partial charge in [0.05, 0.1) is 5.56 Å². The third kappa shape index (κ3) is 10.6. The van der Waals surface area contributed by atoms with Crippen LogP contribution in [-0.4, -0.2) is 27.4 Å². The Morgan fingerprint density at radius 2 is 1.22 bits per heavy atom. The fraction of sp³-hybridized carbons (Fsp3) is 0.741. The maximum atomic E-state index is 12.8. The second-order valence-corrected chi connectivity index (χ2v) is 12.7. The first-order chi connectivity index (χ1) is 14.3. The van der Waals surface area contributed by atoms with E-state index >= 15 is 0 Å². The zero-order valence-corrected chi connectivity index (χ0v) is 22.0. The van der Waals surface area contributed by atoms with E-state index in [4.69, 9.17) is 9.47 Å². The van der Waals surface area contributed by atoms with Crippen LogP contribution in [0.15, 0.2) is 12.1 Å². The Hall–Kier alpha value is -1.91. The van der Waals surface area contributed by atoms with Crippen LogP contribution >= 0.6 is 0 Å². The van der Waals surface area contributed by atoms with Crippen LogP contribution in [-0.2, 0) is 4.74 Å². The maximum absolute atomic E-state index is 12.8. The molecule has 0 aliphatic rings. The molecule has 1 aromatic carbocycles. The summed E-state index contributed by atoms with van der Waals surface area (Å²) >= 11 is 0. The van der Waals surface area contributed by atoms with Gasteiger partial charge in [0.2, 0.25) is 5.75 Å². The van der Waals surface area contributed by atoms with E-state index in [9.17, 15) is 15.0 Å². The fourth-order valence-corrected chi connectivity index (χ4v) is 3.59. The number of rotatable bonds is 10. The van der Waals surface area contributed by atoms with Crippen molar-refractivity contribution in [3.63, 3.8) is 0 Å². The van der Waals surface area contributed by atoms with Crippen molar-refractivity contribution in [2.75, 3.05) is 0 Å². The van der Waals surface area contributed by atoms with E-state index in [2.05, 4.69) is 41.5 Å². The minimum Gasteiger partial charge on any atom is -0.504 e. The lowest BCUT2D eigenvalue weighted by molar-refractivity contribution is -0.00640. The first-order valence-corrected chi connectivity index (χ1v) is 11.8. The second-order valence-electron chi connectivity index (χ2n) is 12.7. The van der Waals surface area contributed by atoms with Crippen LogP contribution in [0.5, 0.6) is 17.2 Å². The summed E-state index contributed by atoms with van der Waals surface area (Å²) in [7, 11) is 0. The van der Waals surface area contributed by atoms with Gasteiger partial charge in [-0.1, -0.05) is 41.5 Å². The third-order valence-electron chi connectivity index (χ3n) is 5.46. The van der Waals surface area contributed by atoms with Gasteiger partial charge in [-0.15, -0.1) is 0 Å². The van der Waals surface area contributed by atoms with Crippen LogP contribution in [0.4, 0.5) is 0 Å². The standard InChI is InChI=1S/C27H46O5/c1-24(2,3)13-11-15-26(7,8)31-21-18-19(17-20(28)22(21)29)23(30)32-27(9,10)16-12-14-25(4,5)6/h17-18,28-29H,11-16H2,1-10H3. The number of esters is 1. The molecule has 0 fully saturated rings. The second kappa shape index (κ2) is 10.4. The van der Waals surface area contributed by atoms with Crippen LogP contribution < -0.4 is 4.74 Å². The van der Waals surface area contributed by atoms with Crippen molar-refractivity contribution >= 4 is 5.97 Å². The van der Waals surface area contributed by atoms with Crippen LogP contribution in [0.25, 0.3) is 0 Å². The van der Waals surface area contributed by atoms with Crippen LogP contribution in [0.3, 0.4) is 0 Å². The van der Waals surface area contributed by atoms with Gasteiger partial charge in [0.1, 0.15) is 11.2 Å². The molecule has 0 atom stereocenters. The molecule has 1 aromatic rings. The summed E-state index contributed by atoms with van der Waals surface area (Å²) in [6.45, 7) is 20.8. The molecule has 0 radical (unpaired) electrons. The van der Waals surface area contributed by atoms with Gasteiger partial charge in [0.25, 0.3) is 0 Å². The number of carbonyl (C=O) groups is 1. The first kappa shape index (κ1) is 28.1. The summed E-state index contributed by atoms with van der Waals surface area (Å²) in [5.74, 6) is -1.22. The predicted molar refractivity (Wildman–Crippen MR) is 131 cm³/mol. The lowest BCUT2D eigenvalue weighted by atomic mass is 9.87. The summed E-state index contributed by atoms with van der Waals surface area (Å²) in [6.07, 6.45) is 5.52. The molecular formula is C27H46O5. The average Bonchev–Trinajstić information content (AvgIpc) is 2.55. The predicted octanol–water partition coefficient (Wildman–Crippen LogP) is 7.62. The van der Waals surface area contributed by atoms with Crippen LogP contribution in [0.2, 0.25) is 0 Å². The highest BCUT2D eigenvalue weighted by atomic mass is 16.6. The van der Waals surface area contributed by atoms with Crippen molar-refractivity contribution < 1.29 is 24.5 Å². The minimum absolute atomic E-state index is 0.0863. The minimum atomic E-state index is -0.636. The molecular weight excluding hydrogens is 404 g/mol.